The molecule has 0 aliphatic rings. The lowest BCUT2D eigenvalue weighted by molar-refractivity contribution is -0.185. The van der Waals surface area contributed by atoms with Gasteiger partial charge in [-0.25, -0.2) is 20.4 Å². The molecule has 0 saturated heterocycles. The summed E-state index contributed by atoms with van der Waals surface area (Å²) in [5.74, 6) is -3.81. The molecule has 0 bridgehead atoms. The Morgan fingerprint density at radius 1 is 1.14 bits per heavy atom. The number of nitrogens with one attached hydrogen (secondary N) is 2. The summed E-state index contributed by atoms with van der Waals surface area (Å²) < 4.78 is 37.7. The molecule has 0 unspecified atom stereocenters. The largest absolute Gasteiger partial charge is 0.480 e. The van der Waals surface area contributed by atoms with Gasteiger partial charge in [0.05, 0.1) is 6.29 Å². The zero-order valence-electron chi connectivity index (χ0n) is 12.5. The van der Waals surface area contributed by atoms with E-state index in [4.69, 9.17) is 16.9 Å². The second kappa shape index (κ2) is 8.18. The maximum absolute atomic E-state index is 12.6. The zero-order chi connectivity index (χ0) is 17.7. The molecular weight excluding hydrogens is 346 g/mol. The number of carbonyl (C=O) groups excluding carboxylic acids is 1. The van der Waals surface area contributed by atoms with Crippen molar-refractivity contribution in [3.63, 3.8) is 0 Å². The van der Waals surface area contributed by atoms with Gasteiger partial charge in [0.15, 0.2) is 0 Å². The van der Waals surface area contributed by atoms with Crippen molar-refractivity contribution in [3.8, 4) is 0 Å². The van der Waals surface area contributed by atoms with E-state index < -0.39 is 37.2 Å². The van der Waals surface area contributed by atoms with Gasteiger partial charge in [-0.05, 0) is 0 Å². The number of halogens is 3. The summed E-state index contributed by atoms with van der Waals surface area (Å²) in [5.41, 5.74) is 0. The molecule has 0 heterocycles. The summed E-state index contributed by atoms with van der Waals surface area (Å²) in [6.45, 7) is -1.10. The molecule has 0 aliphatic heterocycles. The maximum atomic E-state index is 12.6. The Kier molecular flexibility index (Phi) is 7.89. The van der Waals surface area contributed by atoms with Crippen molar-refractivity contribution >= 4 is 30.0 Å². The quantitative estimate of drug-likeness (QED) is 0.405. The number of hydrogen-bond donors (Lipinski definition) is 3. The summed E-state index contributed by atoms with van der Waals surface area (Å²) in [5, 5.41) is 17.1. The molecule has 0 saturated carbocycles. The molecule has 0 radical (unpaired) electrons. The molecule has 0 atom stereocenters. The zero-order valence-corrected chi connectivity index (χ0v) is 14.2. The first kappa shape index (κ1) is 21.2. The molecule has 0 aromatic rings. The molecule has 1 amide bonds. The van der Waals surface area contributed by atoms with Crippen LogP contribution in [0.1, 0.15) is 0 Å². The highest BCUT2D eigenvalue weighted by Crippen LogP contribution is 2.38. The minimum Gasteiger partial charge on any atom is -0.480 e. The van der Waals surface area contributed by atoms with Gasteiger partial charge in [-0.3, -0.25) is 9.59 Å². The van der Waals surface area contributed by atoms with E-state index in [1.54, 1.807) is 28.2 Å². The average Bonchev–Trinajstić information content (AvgIpc) is 2.21. The molecule has 8 nitrogen and oxygen atoms in total. The lowest BCUT2D eigenvalue weighted by Gasteiger charge is -2.34. The van der Waals surface area contributed by atoms with Crippen LogP contribution in [0.5, 0.6) is 0 Å². The third-order valence-corrected chi connectivity index (χ3v) is 4.97. The number of carboxylic acid groups (broad SMARTS) is 1. The third kappa shape index (κ3) is 8.01. The van der Waals surface area contributed by atoms with Crippen LogP contribution in [0.15, 0.2) is 0 Å². The minimum atomic E-state index is -5.17. The number of alkyl halides is 3. The molecule has 0 aromatic carbocycles. The summed E-state index contributed by atoms with van der Waals surface area (Å²) in [6.07, 6.45) is -8.71. The van der Waals surface area contributed by atoms with Crippen LogP contribution in [-0.4, -0.2) is 79.1 Å². The molecule has 0 spiro atoms. The van der Waals surface area contributed by atoms with Crippen molar-refractivity contribution in [3.05, 3.63) is 0 Å². The van der Waals surface area contributed by atoms with E-state index in [2.05, 4.69) is 10.4 Å². The second-order valence-electron chi connectivity index (χ2n) is 4.76. The van der Waals surface area contributed by atoms with E-state index in [0.29, 0.717) is 0 Å². The maximum Gasteiger partial charge on any atom is 0.471 e. The van der Waals surface area contributed by atoms with Crippen LogP contribution in [-0.2, 0) is 21.4 Å². The number of rotatable bonds is 8. The van der Waals surface area contributed by atoms with Crippen LogP contribution >= 0.6 is 6.34 Å². The monoisotopic (exact) mass is 365 g/mol. The summed E-state index contributed by atoms with van der Waals surface area (Å²) >= 11 is 5.28. The van der Waals surface area contributed by atoms with Gasteiger partial charge in [0.25, 0.3) is 0 Å². The van der Waals surface area contributed by atoms with Crippen molar-refractivity contribution in [2.45, 2.75) is 6.18 Å². The molecule has 13 heteroatoms. The Bertz CT molecular complexity index is 446. The minimum absolute atomic E-state index is 0.177. The van der Waals surface area contributed by atoms with Crippen LogP contribution in [0.4, 0.5) is 13.2 Å². The lowest BCUT2D eigenvalue weighted by atomic mass is 10.5. The van der Waals surface area contributed by atoms with Gasteiger partial charge in [0.1, 0.15) is 12.9 Å². The Hall–Kier alpha value is -0.780. The normalized spacial score (nSPS) is 12.8. The predicted molar refractivity (Wildman–Crippen MR) is 78.2 cm³/mol. The van der Waals surface area contributed by atoms with Crippen molar-refractivity contribution in [1.82, 2.24) is 25.3 Å². The number of carboxylic acids is 1. The van der Waals surface area contributed by atoms with Crippen LogP contribution < -0.4 is 10.4 Å². The Balaban J connectivity index is 5.40. The van der Waals surface area contributed by atoms with Gasteiger partial charge in [0.2, 0.25) is 0 Å². The molecule has 0 aliphatic carbocycles. The molecule has 0 aromatic heterocycles. The van der Waals surface area contributed by atoms with E-state index >= 15 is 0 Å². The molecular formula is C9H19F3N5O3PS. The SMILES string of the molecule is CN(C)NP(=S)(CN(CC(=O)O)C(=O)C(F)(F)F)NN(C)C. The number of carbonyl (C=O) groups is 2. The van der Waals surface area contributed by atoms with Crippen molar-refractivity contribution < 1.29 is 27.9 Å². The number of nitrogens with zero attached hydrogens (tertiary/aromatic N) is 3. The fraction of sp³-hybridized carbons (Fsp3) is 0.778. The van der Waals surface area contributed by atoms with E-state index in [1.165, 1.54) is 10.0 Å². The number of hydrazine groups is 2. The van der Waals surface area contributed by atoms with Gasteiger partial charge >= 0.3 is 18.1 Å². The standard InChI is InChI=1S/C9H19F3N5O3PS/c1-15(2)13-21(22,14-16(3)4)6-17(5-7(18)19)8(20)9(10,11)12/h5-6H2,1-4H3,(H,18,19)(H2,13,14,22). The molecule has 3 N–H and O–H groups in total. The second-order valence-corrected chi connectivity index (χ2v) is 8.80. The van der Waals surface area contributed by atoms with Crippen molar-refractivity contribution in [1.29, 1.82) is 0 Å². The molecule has 130 valence electrons. The average molecular weight is 365 g/mol. The third-order valence-electron chi connectivity index (χ3n) is 1.95. The topological polar surface area (TPSA) is 88.1 Å². The highest BCUT2D eigenvalue weighted by Gasteiger charge is 2.44. The van der Waals surface area contributed by atoms with Gasteiger partial charge in [-0.15, -0.1) is 0 Å². The first-order valence-corrected chi connectivity index (χ1v) is 8.83. The van der Waals surface area contributed by atoms with E-state index in [9.17, 15) is 22.8 Å². The Labute approximate surface area is 131 Å². The summed E-state index contributed by atoms with van der Waals surface area (Å²) in [7, 11) is 6.30. The molecule has 0 fully saturated rings. The fourth-order valence-electron chi connectivity index (χ4n) is 1.50. The van der Waals surface area contributed by atoms with Crippen LogP contribution in [0.3, 0.4) is 0 Å². The highest BCUT2D eigenvalue weighted by molar-refractivity contribution is 8.12. The lowest BCUT2D eigenvalue weighted by Crippen LogP contribution is -2.48. The predicted octanol–water partition coefficient (Wildman–Crippen LogP) is -0.139. The van der Waals surface area contributed by atoms with Gasteiger partial charge in [-0.1, -0.05) is 11.8 Å². The van der Waals surface area contributed by atoms with Gasteiger partial charge in [-0.2, -0.15) is 13.2 Å². The number of amides is 1. The fourth-order valence-corrected chi connectivity index (χ4v) is 5.07. The highest BCUT2D eigenvalue weighted by atomic mass is 32.4. The first-order chi connectivity index (χ1) is 9.77. The van der Waals surface area contributed by atoms with Crippen LogP contribution in [0, 0.1) is 0 Å². The number of aliphatic carboxylic acids is 1. The van der Waals surface area contributed by atoms with Crippen LogP contribution in [0.25, 0.3) is 0 Å². The van der Waals surface area contributed by atoms with Crippen molar-refractivity contribution in [2.75, 3.05) is 41.0 Å². The number of hydrogen-bond acceptors (Lipinski definition) is 5. The summed E-state index contributed by atoms with van der Waals surface area (Å²) in [4.78, 5) is 22.3. The Morgan fingerprint density at radius 2 is 1.55 bits per heavy atom. The van der Waals surface area contributed by atoms with E-state index in [-0.39, 0.29) is 4.90 Å². The smallest absolute Gasteiger partial charge is 0.471 e. The van der Waals surface area contributed by atoms with Crippen LogP contribution in [0.2, 0.25) is 0 Å². The summed E-state index contributed by atoms with van der Waals surface area (Å²) in [6, 6.07) is 0. The van der Waals surface area contributed by atoms with Gasteiger partial charge < -0.3 is 10.0 Å². The van der Waals surface area contributed by atoms with Crippen molar-refractivity contribution in [2.24, 2.45) is 0 Å². The van der Waals surface area contributed by atoms with Gasteiger partial charge in [0, 0.05) is 28.2 Å². The first-order valence-electron chi connectivity index (χ1n) is 5.84. The molecule has 22 heavy (non-hydrogen) atoms. The Morgan fingerprint density at radius 3 is 1.82 bits per heavy atom. The van der Waals surface area contributed by atoms with E-state index in [0.717, 1.165) is 0 Å². The van der Waals surface area contributed by atoms with E-state index in [1.807, 2.05) is 0 Å². The molecule has 0 rings (SSSR count).